The van der Waals surface area contributed by atoms with Crippen LogP contribution in [0.1, 0.15) is 24.5 Å². The van der Waals surface area contributed by atoms with Crippen molar-refractivity contribution in [2.75, 3.05) is 0 Å². The van der Waals surface area contributed by atoms with Crippen molar-refractivity contribution in [3.63, 3.8) is 0 Å². The summed E-state index contributed by atoms with van der Waals surface area (Å²) in [5.74, 6) is -3.92. The number of carbonyl (C=O) groups is 2. The first kappa shape index (κ1) is 13.6. The quantitative estimate of drug-likeness (QED) is 0.813. The summed E-state index contributed by atoms with van der Waals surface area (Å²) in [7, 11) is 0. The molecule has 0 aliphatic rings. The molecule has 0 spiro atoms. The van der Waals surface area contributed by atoms with E-state index in [-0.39, 0.29) is 23.1 Å². The molecule has 1 heterocycles. The molecule has 0 radical (unpaired) electrons. The molecule has 1 aromatic rings. The molecular formula is C10H9BrFNO4. The highest BCUT2D eigenvalue weighted by atomic mass is 79.9. The van der Waals surface area contributed by atoms with E-state index in [1.54, 1.807) is 0 Å². The first-order chi connectivity index (χ1) is 7.91. The van der Waals surface area contributed by atoms with E-state index in [0.29, 0.717) is 0 Å². The number of aliphatic carboxylic acids is 2. The van der Waals surface area contributed by atoms with Crippen molar-refractivity contribution in [3.05, 3.63) is 28.2 Å². The van der Waals surface area contributed by atoms with Crippen LogP contribution < -0.4 is 0 Å². The van der Waals surface area contributed by atoms with Gasteiger partial charge in [-0.15, -0.1) is 0 Å². The Morgan fingerprint density at radius 2 is 2.06 bits per heavy atom. The molecular weight excluding hydrogens is 297 g/mol. The van der Waals surface area contributed by atoms with Crippen molar-refractivity contribution in [1.29, 1.82) is 0 Å². The lowest BCUT2D eigenvalue weighted by Gasteiger charge is -2.10. The van der Waals surface area contributed by atoms with E-state index in [9.17, 15) is 14.0 Å². The fourth-order valence-electron chi connectivity index (χ4n) is 1.29. The summed E-state index contributed by atoms with van der Waals surface area (Å²) >= 11 is 2.85. The highest BCUT2D eigenvalue weighted by Crippen LogP contribution is 2.23. The number of carboxylic acid groups (broad SMARTS) is 2. The molecule has 0 saturated carbocycles. The normalized spacial score (nSPS) is 12.1. The number of hydrogen-bond donors (Lipinski definition) is 2. The summed E-state index contributed by atoms with van der Waals surface area (Å²) in [4.78, 5) is 25.1. The topological polar surface area (TPSA) is 87.5 Å². The highest BCUT2D eigenvalue weighted by molar-refractivity contribution is 9.10. The van der Waals surface area contributed by atoms with Crippen LogP contribution in [0.2, 0.25) is 0 Å². The Morgan fingerprint density at radius 3 is 2.53 bits per heavy atom. The van der Waals surface area contributed by atoms with Gasteiger partial charge < -0.3 is 10.2 Å². The van der Waals surface area contributed by atoms with E-state index in [0.717, 1.165) is 6.07 Å². The maximum atomic E-state index is 12.9. The van der Waals surface area contributed by atoms with Gasteiger partial charge in [0.15, 0.2) is 5.82 Å². The smallest absolute Gasteiger partial charge is 0.312 e. The Hall–Kier alpha value is -1.50. The summed E-state index contributed by atoms with van der Waals surface area (Å²) in [6.45, 7) is 0. The van der Waals surface area contributed by atoms with Crippen LogP contribution in [0.25, 0.3) is 0 Å². The third-order valence-electron chi connectivity index (χ3n) is 2.13. The summed E-state index contributed by atoms with van der Waals surface area (Å²) in [5.41, 5.74) is 0.132. The van der Waals surface area contributed by atoms with Gasteiger partial charge in [-0.1, -0.05) is 0 Å². The van der Waals surface area contributed by atoms with Crippen LogP contribution in [0.5, 0.6) is 0 Å². The summed E-state index contributed by atoms with van der Waals surface area (Å²) in [6, 6.07) is 2.32. The molecule has 0 fully saturated rings. The maximum absolute atomic E-state index is 12.9. The van der Waals surface area contributed by atoms with Gasteiger partial charge in [-0.2, -0.15) is 0 Å². The Kier molecular flexibility index (Phi) is 4.56. The lowest BCUT2D eigenvalue weighted by Crippen LogP contribution is -2.15. The molecule has 0 aromatic carbocycles. The molecule has 7 heteroatoms. The first-order valence-corrected chi connectivity index (χ1v) is 5.47. The monoisotopic (exact) mass is 305 g/mol. The van der Waals surface area contributed by atoms with E-state index < -0.39 is 23.7 Å². The van der Waals surface area contributed by atoms with Crippen molar-refractivity contribution >= 4 is 27.9 Å². The predicted octanol–water partition coefficient (Wildman–Crippen LogP) is 2.02. The molecule has 17 heavy (non-hydrogen) atoms. The van der Waals surface area contributed by atoms with Gasteiger partial charge in [0.2, 0.25) is 0 Å². The molecule has 1 unspecified atom stereocenters. The van der Waals surface area contributed by atoms with Gasteiger partial charge in [-0.25, -0.2) is 9.37 Å². The van der Waals surface area contributed by atoms with Crippen LogP contribution >= 0.6 is 15.9 Å². The standard InChI is InChI=1S/C10H9BrFNO4/c11-9-6(12)2-3-7(13-9)5(10(16)17)1-4-8(14)15/h2-3,5H,1,4H2,(H,14,15)(H,16,17). The van der Waals surface area contributed by atoms with Crippen LogP contribution in [-0.4, -0.2) is 27.1 Å². The fraction of sp³-hybridized carbons (Fsp3) is 0.300. The highest BCUT2D eigenvalue weighted by Gasteiger charge is 2.23. The SMILES string of the molecule is O=C(O)CCC(C(=O)O)c1ccc(F)c(Br)n1. The summed E-state index contributed by atoms with van der Waals surface area (Å²) in [6.07, 6.45) is -0.372. The molecule has 0 saturated heterocycles. The van der Waals surface area contributed by atoms with Crippen molar-refractivity contribution in [3.8, 4) is 0 Å². The Balaban J connectivity index is 2.93. The van der Waals surface area contributed by atoms with E-state index in [1.807, 2.05) is 0 Å². The van der Waals surface area contributed by atoms with Gasteiger partial charge in [-0.05, 0) is 34.5 Å². The molecule has 1 atom stereocenters. The van der Waals surface area contributed by atoms with Gasteiger partial charge in [0, 0.05) is 6.42 Å². The van der Waals surface area contributed by atoms with E-state index in [4.69, 9.17) is 10.2 Å². The predicted molar refractivity (Wildman–Crippen MR) is 59.1 cm³/mol. The van der Waals surface area contributed by atoms with E-state index >= 15 is 0 Å². The Labute approximate surface area is 104 Å². The number of hydrogen-bond acceptors (Lipinski definition) is 3. The minimum Gasteiger partial charge on any atom is -0.481 e. The minimum atomic E-state index is -1.18. The average molecular weight is 306 g/mol. The second-order valence-electron chi connectivity index (χ2n) is 3.33. The van der Waals surface area contributed by atoms with Crippen molar-refractivity contribution in [2.45, 2.75) is 18.8 Å². The number of nitrogens with zero attached hydrogens (tertiary/aromatic N) is 1. The Morgan fingerprint density at radius 1 is 1.41 bits per heavy atom. The minimum absolute atomic E-state index is 0.0865. The Bertz CT molecular complexity index is 452. The zero-order valence-electron chi connectivity index (χ0n) is 8.56. The summed E-state index contributed by atoms with van der Waals surface area (Å²) < 4.78 is 12.8. The van der Waals surface area contributed by atoms with Crippen LogP contribution in [0.15, 0.2) is 16.7 Å². The lowest BCUT2D eigenvalue weighted by molar-refractivity contribution is -0.140. The molecule has 2 N–H and O–H groups in total. The van der Waals surface area contributed by atoms with Gasteiger partial charge in [0.05, 0.1) is 11.6 Å². The molecule has 0 aliphatic heterocycles. The van der Waals surface area contributed by atoms with Crippen molar-refractivity contribution < 1.29 is 24.2 Å². The van der Waals surface area contributed by atoms with Crippen LogP contribution in [0, 0.1) is 5.82 Å². The molecule has 0 aliphatic carbocycles. The lowest BCUT2D eigenvalue weighted by atomic mass is 9.99. The zero-order chi connectivity index (χ0) is 13.0. The summed E-state index contributed by atoms with van der Waals surface area (Å²) in [5, 5.41) is 17.5. The molecule has 1 rings (SSSR count). The molecule has 1 aromatic heterocycles. The van der Waals surface area contributed by atoms with Crippen molar-refractivity contribution in [1.82, 2.24) is 4.98 Å². The number of pyridine rings is 1. The largest absolute Gasteiger partial charge is 0.481 e. The number of aromatic nitrogens is 1. The molecule has 0 bridgehead atoms. The second kappa shape index (κ2) is 5.72. The van der Waals surface area contributed by atoms with E-state index in [1.165, 1.54) is 6.07 Å². The molecule has 92 valence electrons. The van der Waals surface area contributed by atoms with Gasteiger partial charge in [-0.3, -0.25) is 9.59 Å². The van der Waals surface area contributed by atoms with Crippen molar-refractivity contribution in [2.24, 2.45) is 0 Å². The third kappa shape index (κ3) is 3.77. The number of carboxylic acids is 2. The second-order valence-corrected chi connectivity index (χ2v) is 4.08. The van der Waals surface area contributed by atoms with Gasteiger partial charge in [0.1, 0.15) is 4.60 Å². The van der Waals surface area contributed by atoms with Gasteiger partial charge in [0.25, 0.3) is 0 Å². The first-order valence-electron chi connectivity index (χ1n) is 4.68. The average Bonchev–Trinajstić information content (AvgIpc) is 2.22. The van der Waals surface area contributed by atoms with E-state index in [2.05, 4.69) is 20.9 Å². The number of rotatable bonds is 5. The van der Waals surface area contributed by atoms with Gasteiger partial charge >= 0.3 is 11.9 Å². The molecule has 5 nitrogen and oxygen atoms in total. The molecule has 0 amide bonds. The van der Waals surface area contributed by atoms with Crippen LogP contribution in [0.3, 0.4) is 0 Å². The number of halogens is 2. The van der Waals surface area contributed by atoms with Crippen LogP contribution in [0.4, 0.5) is 4.39 Å². The van der Waals surface area contributed by atoms with Crippen LogP contribution in [-0.2, 0) is 9.59 Å². The third-order valence-corrected chi connectivity index (χ3v) is 2.68. The zero-order valence-corrected chi connectivity index (χ0v) is 10.1. The maximum Gasteiger partial charge on any atom is 0.312 e. The fourth-order valence-corrected chi connectivity index (χ4v) is 1.63.